The van der Waals surface area contributed by atoms with Crippen molar-refractivity contribution in [2.75, 3.05) is 26.3 Å². The topological polar surface area (TPSA) is 96.7 Å². The van der Waals surface area contributed by atoms with E-state index in [1.807, 2.05) is 13.8 Å². The van der Waals surface area contributed by atoms with Crippen LogP contribution in [0, 0.1) is 19.8 Å². The Morgan fingerprint density at radius 2 is 1.89 bits per heavy atom. The molecule has 0 radical (unpaired) electrons. The summed E-state index contributed by atoms with van der Waals surface area (Å²) in [6.45, 7) is 8.75. The molecule has 0 saturated carbocycles. The zero-order chi connectivity index (χ0) is 20.1. The van der Waals surface area contributed by atoms with Gasteiger partial charge in [-0.05, 0) is 39.5 Å². The van der Waals surface area contributed by atoms with Crippen LogP contribution in [-0.2, 0) is 20.9 Å². The molecule has 156 valence electrons. The van der Waals surface area contributed by atoms with Crippen LogP contribution < -0.4 is 10.6 Å². The highest BCUT2D eigenvalue weighted by atomic mass is 16.5. The Bertz CT molecular complexity index is 664. The molecule has 2 N–H and O–H groups in total. The van der Waals surface area contributed by atoms with Crippen LogP contribution in [0.2, 0.25) is 0 Å². The van der Waals surface area contributed by atoms with Crippen molar-refractivity contribution in [2.24, 2.45) is 5.92 Å². The number of nitrogens with one attached hydrogen (secondary N) is 2. The van der Waals surface area contributed by atoms with Crippen molar-refractivity contribution >= 4 is 11.8 Å². The standard InChI is InChI=1S/C20H32N4O4/c1-13-19(14(2)28-23-13)10-21-20(26)16-4-5-17(22-15(3)25)12-24(11-16)18-6-8-27-9-7-18/h16-18H,4-12H2,1-3H3,(H,21,26)(H,22,25)/t16-,17+/m1/s1. The molecule has 2 saturated heterocycles. The molecule has 2 fully saturated rings. The number of nitrogens with zero attached hydrogens (tertiary/aromatic N) is 2. The van der Waals surface area contributed by atoms with Gasteiger partial charge in [0.05, 0.1) is 11.6 Å². The Morgan fingerprint density at radius 1 is 1.14 bits per heavy atom. The fourth-order valence-electron chi connectivity index (χ4n) is 4.27. The summed E-state index contributed by atoms with van der Waals surface area (Å²) in [5.41, 5.74) is 1.76. The fraction of sp³-hybridized carbons (Fsp3) is 0.750. The van der Waals surface area contributed by atoms with Gasteiger partial charge in [-0.15, -0.1) is 0 Å². The van der Waals surface area contributed by atoms with Crippen molar-refractivity contribution in [1.82, 2.24) is 20.7 Å². The number of hydrogen-bond donors (Lipinski definition) is 2. The van der Waals surface area contributed by atoms with E-state index in [1.54, 1.807) is 6.92 Å². The summed E-state index contributed by atoms with van der Waals surface area (Å²) < 4.78 is 10.7. The van der Waals surface area contributed by atoms with E-state index in [2.05, 4.69) is 20.7 Å². The molecule has 2 atom stereocenters. The molecule has 2 aliphatic rings. The van der Waals surface area contributed by atoms with Crippen molar-refractivity contribution in [2.45, 2.75) is 65.1 Å². The van der Waals surface area contributed by atoms with Gasteiger partial charge in [0.1, 0.15) is 5.76 Å². The molecule has 3 heterocycles. The third-order valence-electron chi connectivity index (χ3n) is 5.88. The van der Waals surface area contributed by atoms with Gasteiger partial charge in [0.2, 0.25) is 11.8 Å². The van der Waals surface area contributed by atoms with Crippen molar-refractivity contribution in [3.63, 3.8) is 0 Å². The monoisotopic (exact) mass is 392 g/mol. The van der Waals surface area contributed by atoms with Crippen LogP contribution in [0.4, 0.5) is 0 Å². The molecule has 0 bridgehead atoms. The van der Waals surface area contributed by atoms with Crippen LogP contribution in [0.3, 0.4) is 0 Å². The molecular weight excluding hydrogens is 360 g/mol. The lowest BCUT2D eigenvalue weighted by Crippen LogP contribution is -2.48. The molecule has 8 heteroatoms. The third-order valence-corrected chi connectivity index (χ3v) is 5.88. The summed E-state index contributed by atoms with van der Waals surface area (Å²) in [6.07, 6.45) is 3.52. The number of ether oxygens (including phenoxy) is 1. The number of rotatable bonds is 5. The largest absolute Gasteiger partial charge is 0.381 e. The van der Waals surface area contributed by atoms with Gasteiger partial charge in [-0.2, -0.15) is 0 Å². The lowest BCUT2D eigenvalue weighted by molar-refractivity contribution is -0.126. The maximum atomic E-state index is 12.9. The second kappa shape index (κ2) is 9.52. The molecular formula is C20H32N4O4. The number of hydrogen-bond acceptors (Lipinski definition) is 6. The minimum absolute atomic E-state index is 0.0155. The molecule has 1 aromatic heterocycles. The lowest BCUT2D eigenvalue weighted by atomic mass is 10.00. The fourth-order valence-corrected chi connectivity index (χ4v) is 4.27. The van der Waals surface area contributed by atoms with Crippen LogP contribution in [0.5, 0.6) is 0 Å². The number of aryl methyl sites for hydroxylation is 2. The first-order valence-electron chi connectivity index (χ1n) is 10.2. The van der Waals surface area contributed by atoms with E-state index >= 15 is 0 Å². The first-order chi connectivity index (χ1) is 13.4. The summed E-state index contributed by atoms with van der Waals surface area (Å²) in [6, 6.07) is 0.488. The van der Waals surface area contributed by atoms with E-state index in [9.17, 15) is 9.59 Å². The second-order valence-electron chi connectivity index (χ2n) is 7.99. The van der Waals surface area contributed by atoms with Gasteiger partial charge in [-0.1, -0.05) is 5.16 Å². The van der Waals surface area contributed by atoms with Crippen molar-refractivity contribution in [3.8, 4) is 0 Å². The van der Waals surface area contributed by atoms with E-state index in [0.717, 1.165) is 62.5 Å². The Hall–Kier alpha value is -1.93. The smallest absolute Gasteiger partial charge is 0.224 e. The zero-order valence-electron chi connectivity index (χ0n) is 17.1. The molecule has 3 rings (SSSR count). The predicted octanol–water partition coefficient (Wildman–Crippen LogP) is 1.30. The summed E-state index contributed by atoms with van der Waals surface area (Å²) in [7, 11) is 0. The highest BCUT2D eigenvalue weighted by Crippen LogP contribution is 2.23. The number of amides is 2. The van der Waals surface area contributed by atoms with Gasteiger partial charge < -0.3 is 19.9 Å². The second-order valence-corrected chi connectivity index (χ2v) is 7.99. The average Bonchev–Trinajstić information content (AvgIpc) is 2.87. The SMILES string of the molecule is CC(=O)N[C@H]1CC[C@@H](C(=O)NCc2c(C)noc2C)CN(C2CCOCC2)C1. The van der Waals surface area contributed by atoms with Gasteiger partial charge in [0, 0.05) is 57.4 Å². The molecule has 0 spiro atoms. The summed E-state index contributed by atoms with van der Waals surface area (Å²) in [4.78, 5) is 26.9. The minimum Gasteiger partial charge on any atom is -0.381 e. The summed E-state index contributed by atoms with van der Waals surface area (Å²) in [5.74, 6) is 0.689. The Balaban J connectivity index is 1.65. The average molecular weight is 393 g/mol. The highest BCUT2D eigenvalue weighted by Gasteiger charge is 2.33. The van der Waals surface area contributed by atoms with Crippen molar-refractivity contribution in [3.05, 3.63) is 17.0 Å². The van der Waals surface area contributed by atoms with Gasteiger partial charge in [-0.3, -0.25) is 14.5 Å². The molecule has 8 nitrogen and oxygen atoms in total. The van der Waals surface area contributed by atoms with Gasteiger partial charge >= 0.3 is 0 Å². The number of likely N-dealkylation sites (tertiary alicyclic amines) is 1. The van der Waals surface area contributed by atoms with Crippen molar-refractivity contribution < 1.29 is 18.8 Å². The predicted molar refractivity (Wildman–Crippen MR) is 104 cm³/mol. The number of carbonyl (C=O) groups is 2. The van der Waals surface area contributed by atoms with Gasteiger partial charge in [0.15, 0.2) is 0 Å². The van der Waals surface area contributed by atoms with E-state index < -0.39 is 0 Å². The van der Waals surface area contributed by atoms with Crippen LogP contribution >= 0.6 is 0 Å². The van der Waals surface area contributed by atoms with Gasteiger partial charge in [0.25, 0.3) is 0 Å². The van der Waals surface area contributed by atoms with Crippen LogP contribution in [-0.4, -0.2) is 60.3 Å². The van der Waals surface area contributed by atoms with E-state index in [4.69, 9.17) is 9.26 Å². The Morgan fingerprint density at radius 3 is 2.54 bits per heavy atom. The number of carbonyl (C=O) groups excluding carboxylic acids is 2. The highest BCUT2D eigenvalue weighted by molar-refractivity contribution is 5.79. The zero-order valence-corrected chi connectivity index (χ0v) is 17.1. The molecule has 0 aromatic carbocycles. The summed E-state index contributed by atoms with van der Waals surface area (Å²) in [5, 5.41) is 10.1. The minimum atomic E-state index is -0.0953. The first-order valence-corrected chi connectivity index (χ1v) is 10.2. The van der Waals surface area contributed by atoms with Gasteiger partial charge in [-0.25, -0.2) is 0 Å². The quantitative estimate of drug-likeness (QED) is 0.784. The molecule has 0 aliphatic carbocycles. The molecule has 2 aliphatic heterocycles. The Labute approximate surface area is 166 Å². The first kappa shape index (κ1) is 20.8. The van der Waals surface area contributed by atoms with E-state index in [0.29, 0.717) is 19.1 Å². The lowest BCUT2D eigenvalue weighted by Gasteiger charge is -2.36. The molecule has 1 aromatic rings. The van der Waals surface area contributed by atoms with E-state index in [1.165, 1.54) is 0 Å². The molecule has 2 amide bonds. The molecule has 0 unspecified atom stereocenters. The summed E-state index contributed by atoms with van der Waals surface area (Å²) >= 11 is 0. The Kier molecular flexibility index (Phi) is 7.07. The third kappa shape index (κ3) is 5.32. The molecule has 28 heavy (non-hydrogen) atoms. The maximum absolute atomic E-state index is 12.9. The van der Waals surface area contributed by atoms with Crippen LogP contribution in [0.15, 0.2) is 4.52 Å². The van der Waals surface area contributed by atoms with Crippen molar-refractivity contribution in [1.29, 1.82) is 0 Å². The van der Waals surface area contributed by atoms with Crippen LogP contribution in [0.25, 0.3) is 0 Å². The normalized spacial score (nSPS) is 24.5. The van der Waals surface area contributed by atoms with E-state index in [-0.39, 0.29) is 23.8 Å². The maximum Gasteiger partial charge on any atom is 0.224 e. The van der Waals surface area contributed by atoms with Crippen LogP contribution in [0.1, 0.15) is 49.6 Å². The number of aromatic nitrogens is 1.